The third-order valence-corrected chi connectivity index (χ3v) is 6.30. The van der Waals surface area contributed by atoms with Gasteiger partial charge in [0.1, 0.15) is 0 Å². The minimum atomic E-state index is 0.320. The lowest BCUT2D eigenvalue weighted by atomic mass is 9.71. The second-order valence-electron chi connectivity index (χ2n) is 5.27. The average molecular weight is 298 g/mol. The van der Waals surface area contributed by atoms with Gasteiger partial charge < -0.3 is 5.73 Å². The fourth-order valence-electron chi connectivity index (χ4n) is 2.86. The molecule has 0 heterocycles. The minimum Gasteiger partial charge on any atom is -0.329 e. The van der Waals surface area contributed by atoms with E-state index in [4.69, 9.17) is 5.73 Å². The molecule has 0 unspecified atom stereocenters. The Balaban J connectivity index is 1.76. The summed E-state index contributed by atoms with van der Waals surface area (Å²) >= 11 is 5.59. The van der Waals surface area contributed by atoms with Crippen LogP contribution in [0.3, 0.4) is 0 Å². The quantitative estimate of drug-likeness (QED) is 0.918. The van der Waals surface area contributed by atoms with Crippen LogP contribution in [0.25, 0.3) is 0 Å². The fourth-order valence-corrected chi connectivity index (χ4v) is 5.01. The molecule has 2 aliphatic carbocycles. The van der Waals surface area contributed by atoms with E-state index in [-0.39, 0.29) is 0 Å². The van der Waals surface area contributed by atoms with Crippen LogP contribution in [-0.2, 0) is 0 Å². The number of thioether (sulfide) groups is 1. The Morgan fingerprint density at radius 3 is 2.50 bits per heavy atom. The van der Waals surface area contributed by atoms with Gasteiger partial charge in [0, 0.05) is 20.7 Å². The monoisotopic (exact) mass is 297 g/mol. The van der Waals surface area contributed by atoms with Crippen molar-refractivity contribution in [3.8, 4) is 0 Å². The molecule has 0 aliphatic heterocycles. The van der Waals surface area contributed by atoms with Crippen molar-refractivity contribution in [2.24, 2.45) is 11.1 Å². The first-order valence-electron chi connectivity index (χ1n) is 5.81. The average Bonchev–Trinajstić information content (AvgIpc) is 3.00. The summed E-state index contributed by atoms with van der Waals surface area (Å²) in [6.07, 6.45) is 5.52. The molecule has 0 amide bonds. The third-order valence-electron chi connectivity index (χ3n) is 3.89. The standard InChI is InChI=1S/C13H16BrNS/c14-10-3-1-2-4-11(10)16-13(9-15)7-12(8-13)5-6-12/h1-4H,5-9,15H2. The zero-order chi connectivity index (χ0) is 11.2. The van der Waals surface area contributed by atoms with Crippen LogP contribution < -0.4 is 5.73 Å². The minimum absolute atomic E-state index is 0.320. The largest absolute Gasteiger partial charge is 0.329 e. The summed E-state index contributed by atoms with van der Waals surface area (Å²) in [4.78, 5) is 1.34. The van der Waals surface area contributed by atoms with Gasteiger partial charge in [-0.3, -0.25) is 0 Å². The van der Waals surface area contributed by atoms with Gasteiger partial charge in [0.25, 0.3) is 0 Å². The normalized spacial score (nSPS) is 24.1. The van der Waals surface area contributed by atoms with Crippen LogP contribution in [0.5, 0.6) is 0 Å². The fraction of sp³-hybridized carbons (Fsp3) is 0.538. The van der Waals surface area contributed by atoms with Crippen LogP contribution in [-0.4, -0.2) is 11.3 Å². The summed E-state index contributed by atoms with van der Waals surface area (Å²) in [6.45, 7) is 0.806. The van der Waals surface area contributed by atoms with Crippen molar-refractivity contribution >= 4 is 27.7 Å². The number of benzene rings is 1. The second kappa shape index (κ2) is 3.76. The molecular formula is C13H16BrNS. The molecule has 0 atom stereocenters. The van der Waals surface area contributed by atoms with Crippen molar-refractivity contribution in [1.82, 2.24) is 0 Å². The van der Waals surface area contributed by atoms with E-state index < -0.39 is 0 Å². The Hall–Kier alpha value is 0.01000. The summed E-state index contributed by atoms with van der Waals surface area (Å²) in [5.41, 5.74) is 6.70. The number of nitrogens with two attached hydrogens (primary N) is 1. The molecule has 2 aliphatic rings. The van der Waals surface area contributed by atoms with E-state index in [0.717, 1.165) is 6.54 Å². The molecule has 3 heteroatoms. The lowest BCUT2D eigenvalue weighted by Gasteiger charge is -2.47. The van der Waals surface area contributed by atoms with Crippen molar-refractivity contribution < 1.29 is 0 Å². The van der Waals surface area contributed by atoms with Gasteiger partial charge in [0.2, 0.25) is 0 Å². The van der Waals surface area contributed by atoms with Gasteiger partial charge in [-0.1, -0.05) is 12.1 Å². The van der Waals surface area contributed by atoms with E-state index in [0.29, 0.717) is 10.2 Å². The number of rotatable bonds is 3. The SMILES string of the molecule is NCC1(Sc2ccccc2Br)CC2(CC2)C1. The Bertz CT molecular complexity index is 406. The molecule has 2 fully saturated rings. The number of hydrogen-bond acceptors (Lipinski definition) is 2. The Kier molecular flexibility index (Phi) is 2.61. The molecule has 0 bridgehead atoms. The molecule has 1 aromatic rings. The van der Waals surface area contributed by atoms with Crippen LogP contribution in [0.1, 0.15) is 25.7 Å². The van der Waals surface area contributed by atoms with Gasteiger partial charge >= 0.3 is 0 Å². The Morgan fingerprint density at radius 2 is 1.94 bits per heavy atom. The first-order valence-corrected chi connectivity index (χ1v) is 7.42. The summed E-state index contributed by atoms with van der Waals surface area (Å²) in [5, 5.41) is 0. The van der Waals surface area contributed by atoms with Gasteiger partial charge in [-0.25, -0.2) is 0 Å². The van der Waals surface area contributed by atoms with E-state index in [1.807, 2.05) is 11.8 Å². The first-order chi connectivity index (χ1) is 7.67. The highest BCUT2D eigenvalue weighted by Gasteiger charge is 2.60. The summed E-state index contributed by atoms with van der Waals surface area (Å²) < 4.78 is 1.52. The number of halogens is 1. The molecule has 1 nitrogen and oxygen atoms in total. The Morgan fingerprint density at radius 1 is 1.25 bits per heavy atom. The van der Waals surface area contributed by atoms with Gasteiger partial charge in [-0.05, 0) is 59.2 Å². The maximum atomic E-state index is 5.98. The lowest BCUT2D eigenvalue weighted by Crippen LogP contribution is -2.48. The molecular weight excluding hydrogens is 282 g/mol. The van der Waals surface area contributed by atoms with Crippen molar-refractivity contribution in [1.29, 1.82) is 0 Å². The second-order valence-corrected chi connectivity index (χ2v) is 7.64. The van der Waals surface area contributed by atoms with Crippen molar-refractivity contribution in [2.75, 3.05) is 6.54 Å². The maximum absolute atomic E-state index is 5.98. The number of hydrogen-bond donors (Lipinski definition) is 1. The van der Waals surface area contributed by atoms with Crippen molar-refractivity contribution in [2.45, 2.75) is 35.3 Å². The Labute approximate surface area is 109 Å². The highest BCUT2D eigenvalue weighted by atomic mass is 79.9. The van der Waals surface area contributed by atoms with Crippen LogP contribution in [0.4, 0.5) is 0 Å². The zero-order valence-corrected chi connectivity index (χ0v) is 11.6. The van der Waals surface area contributed by atoms with Crippen LogP contribution in [0.15, 0.2) is 33.6 Å². The molecule has 0 saturated heterocycles. The predicted octanol–water partition coefficient (Wildman–Crippen LogP) is 3.81. The van der Waals surface area contributed by atoms with Crippen molar-refractivity contribution in [3.05, 3.63) is 28.7 Å². The molecule has 2 saturated carbocycles. The predicted molar refractivity (Wildman–Crippen MR) is 72.7 cm³/mol. The van der Waals surface area contributed by atoms with Crippen molar-refractivity contribution in [3.63, 3.8) is 0 Å². The topological polar surface area (TPSA) is 26.0 Å². The molecule has 0 radical (unpaired) electrons. The van der Waals surface area contributed by atoms with E-state index >= 15 is 0 Å². The summed E-state index contributed by atoms with van der Waals surface area (Å²) in [5.74, 6) is 0. The molecule has 2 N–H and O–H groups in total. The maximum Gasteiger partial charge on any atom is 0.0340 e. The lowest BCUT2D eigenvalue weighted by molar-refractivity contribution is 0.210. The smallest absolute Gasteiger partial charge is 0.0340 e. The molecule has 86 valence electrons. The van der Waals surface area contributed by atoms with E-state index in [1.54, 1.807) is 0 Å². The van der Waals surface area contributed by atoms with Gasteiger partial charge in [-0.15, -0.1) is 11.8 Å². The summed E-state index contributed by atoms with van der Waals surface area (Å²) in [7, 11) is 0. The van der Waals surface area contributed by atoms with E-state index in [2.05, 4.69) is 40.2 Å². The zero-order valence-electron chi connectivity index (χ0n) is 9.21. The molecule has 3 rings (SSSR count). The highest BCUT2D eigenvalue weighted by Crippen LogP contribution is 2.69. The third kappa shape index (κ3) is 1.83. The molecule has 0 aromatic heterocycles. The highest BCUT2D eigenvalue weighted by molar-refractivity contribution is 9.10. The van der Waals surface area contributed by atoms with E-state index in [1.165, 1.54) is 35.1 Å². The molecule has 1 aromatic carbocycles. The van der Waals surface area contributed by atoms with Gasteiger partial charge in [0.05, 0.1) is 0 Å². The first kappa shape index (κ1) is 11.1. The summed E-state index contributed by atoms with van der Waals surface area (Å²) in [6, 6.07) is 8.46. The van der Waals surface area contributed by atoms with Gasteiger partial charge in [-0.2, -0.15) is 0 Å². The molecule has 1 spiro atoms. The van der Waals surface area contributed by atoms with Crippen LogP contribution in [0.2, 0.25) is 0 Å². The van der Waals surface area contributed by atoms with Crippen LogP contribution in [0, 0.1) is 5.41 Å². The van der Waals surface area contributed by atoms with Gasteiger partial charge in [0.15, 0.2) is 0 Å². The van der Waals surface area contributed by atoms with E-state index in [9.17, 15) is 0 Å². The van der Waals surface area contributed by atoms with Crippen LogP contribution >= 0.6 is 27.7 Å². The molecule has 16 heavy (non-hydrogen) atoms.